The lowest BCUT2D eigenvalue weighted by Crippen LogP contribution is -2.29. The Balaban J connectivity index is 2.28. The summed E-state index contributed by atoms with van der Waals surface area (Å²) in [5.41, 5.74) is 5.87. The third-order valence-electron chi connectivity index (χ3n) is 3.05. The molecule has 0 radical (unpaired) electrons. The van der Waals surface area contributed by atoms with E-state index in [1.54, 1.807) is 6.92 Å². The van der Waals surface area contributed by atoms with Gasteiger partial charge in [0.05, 0.1) is 12.1 Å². The van der Waals surface area contributed by atoms with Crippen LogP contribution in [0.15, 0.2) is 0 Å². The van der Waals surface area contributed by atoms with Crippen LogP contribution in [0, 0.1) is 5.92 Å². The van der Waals surface area contributed by atoms with Crippen LogP contribution in [0.1, 0.15) is 38.0 Å². The molecule has 0 amide bonds. The number of nitrogens with two attached hydrogens (primary N) is 1. The lowest BCUT2D eigenvalue weighted by Gasteiger charge is -2.22. The van der Waals surface area contributed by atoms with E-state index < -0.39 is 12.1 Å². The predicted octanol–water partition coefficient (Wildman–Crippen LogP) is 0.241. The fourth-order valence-electron chi connectivity index (χ4n) is 1.97. The van der Waals surface area contributed by atoms with Crippen LogP contribution in [0.25, 0.3) is 0 Å². The first kappa shape index (κ1) is 10.6. The Kier molecular flexibility index (Phi) is 2.75. The van der Waals surface area contributed by atoms with Crippen molar-refractivity contribution in [1.29, 1.82) is 0 Å². The molecule has 3 atom stereocenters. The van der Waals surface area contributed by atoms with E-state index in [0.717, 1.165) is 25.2 Å². The molecule has 0 spiro atoms. The molecule has 0 saturated carbocycles. The molecule has 1 aromatic heterocycles. The summed E-state index contributed by atoms with van der Waals surface area (Å²) in [5.74, 6) is 2.38. The highest BCUT2D eigenvalue weighted by molar-refractivity contribution is 5.04. The van der Waals surface area contributed by atoms with E-state index in [2.05, 4.69) is 21.7 Å². The second kappa shape index (κ2) is 3.90. The van der Waals surface area contributed by atoms with Crippen LogP contribution in [0.4, 0.5) is 0 Å². The Morgan fingerprint density at radius 2 is 2.27 bits per heavy atom. The van der Waals surface area contributed by atoms with Gasteiger partial charge in [0.25, 0.3) is 0 Å². The maximum Gasteiger partial charge on any atom is 0.152 e. The van der Waals surface area contributed by atoms with E-state index in [9.17, 15) is 5.11 Å². The highest BCUT2D eigenvalue weighted by atomic mass is 16.3. The minimum atomic E-state index is -0.586. The van der Waals surface area contributed by atoms with Gasteiger partial charge in [0, 0.05) is 13.0 Å². The minimum absolute atomic E-state index is 0.431. The summed E-state index contributed by atoms with van der Waals surface area (Å²) in [5, 5.41) is 17.7. The maximum absolute atomic E-state index is 9.44. The van der Waals surface area contributed by atoms with Crippen LogP contribution < -0.4 is 5.73 Å². The molecule has 0 aliphatic carbocycles. The molecule has 3 unspecified atom stereocenters. The SMILES string of the molecule is CC1CCn2c(nnc2C(N)C(C)O)C1. The smallest absolute Gasteiger partial charge is 0.152 e. The van der Waals surface area contributed by atoms with E-state index in [1.807, 2.05) is 0 Å². The van der Waals surface area contributed by atoms with E-state index in [-0.39, 0.29) is 0 Å². The topological polar surface area (TPSA) is 77.0 Å². The van der Waals surface area contributed by atoms with Crippen molar-refractivity contribution in [2.45, 2.75) is 45.4 Å². The second-order valence-corrected chi connectivity index (χ2v) is 4.49. The van der Waals surface area contributed by atoms with Gasteiger partial charge in [-0.1, -0.05) is 6.92 Å². The summed E-state index contributed by atoms with van der Waals surface area (Å²) >= 11 is 0. The minimum Gasteiger partial charge on any atom is -0.391 e. The fourth-order valence-corrected chi connectivity index (χ4v) is 1.97. The molecular formula is C10H18N4O. The summed E-state index contributed by atoms with van der Waals surface area (Å²) in [4.78, 5) is 0. The highest BCUT2D eigenvalue weighted by Gasteiger charge is 2.25. The first-order valence-corrected chi connectivity index (χ1v) is 5.45. The van der Waals surface area contributed by atoms with Gasteiger partial charge in [0.2, 0.25) is 0 Å². The molecule has 0 aromatic carbocycles. The third-order valence-corrected chi connectivity index (χ3v) is 3.05. The van der Waals surface area contributed by atoms with Crippen LogP contribution in [0.2, 0.25) is 0 Å². The first-order chi connectivity index (χ1) is 7.09. The van der Waals surface area contributed by atoms with Crippen molar-refractivity contribution in [3.63, 3.8) is 0 Å². The van der Waals surface area contributed by atoms with Crippen molar-refractivity contribution in [1.82, 2.24) is 14.8 Å². The average Bonchev–Trinajstić information content (AvgIpc) is 2.59. The Hall–Kier alpha value is -0.940. The molecule has 1 aliphatic heterocycles. The summed E-state index contributed by atoms with van der Waals surface area (Å²) in [6.45, 7) is 4.81. The fraction of sp³-hybridized carbons (Fsp3) is 0.800. The number of fused-ring (bicyclic) bond motifs is 1. The van der Waals surface area contributed by atoms with Gasteiger partial charge < -0.3 is 15.4 Å². The van der Waals surface area contributed by atoms with E-state index in [0.29, 0.717) is 11.7 Å². The quantitative estimate of drug-likeness (QED) is 0.733. The molecule has 5 nitrogen and oxygen atoms in total. The highest BCUT2D eigenvalue weighted by Crippen LogP contribution is 2.22. The molecule has 0 saturated heterocycles. The van der Waals surface area contributed by atoms with Gasteiger partial charge in [-0.15, -0.1) is 10.2 Å². The van der Waals surface area contributed by atoms with Gasteiger partial charge in [0.15, 0.2) is 5.82 Å². The molecule has 15 heavy (non-hydrogen) atoms. The van der Waals surface area contributed by atoms with Crippen molar-refractivity contribution in [3.8, 4) is 0 Å². The zero-order valence-corrected chi connectivity index (χ0v) is 9.22. The zero-order valence-electron chi connectivity index (χ0n) is 9.22. The van der Waals surface area contributed by atoms with Gasteiger partial charge in [-0.2, -0.15) is 0 Å². The molecule has 1 aromatic rings. The predicted molar refractivity (Wildman–Crippen MR) is 56.1 cm³/mol. The summed E-state index contributed by atoms with van der Waals surface area (Å²) < 4.78 is 2.05. The van der Waals surface area contributed by atoms with Crippen LogP contribution in [-0.2, 0) is 13.0 Å². The number of nitrogens with zero attached hydrogens (tertiary/aromatic N) is 3. The molecule has 1 aliphatic rings. The summed E-state index contributed by atoms with van der Waals surface area (Å²) in [6, 6.07) is -0.431. The summed E-state index contributed by atoms with van der Waals surface area (Å²) in [6.07, 6.45) is 1.50. The van der Waals surface area contributed by atoms with Crippen LogP contribution in [-0.4, -0.2) is 26.0 Å². The number of aliphatic hydroxyl groups is 1. The Morgan fingerprint density at radius 3 is 2.93 bits per heavy atom. The van der Waals surface area contributed by atoms with Crippen LogP contribution in [0.3, 0.4) is 0 Å². The van der Waals surface area contributed by atoms with E-state index >= 15 is 0 Å². The van der Waals surface area contributed by atoms with Crippen molar-refractivity contribution in [2.75, 3.05) is 0 Å². The van der Waals surface area contributed by atoms with Crippen molar-refractivity contribution in [3.05, 3.63) is 11.6 Å². The van der Waals surface area contributed by atoms with Gasteiger partial charge in [0.1, 0.15) is 5.82 Å². The standard InChI is InChI=1S/C10H18N4O/c1-6-3-4-14-8(5-6)12-13-10(14)9(11)7(2)15/h6-7,9,15H,3-5,11H2,1-2H3. The van der Waals surface area contributed by atoms with Crippen molar-refractivity contribution in [2.24, 2.45) is 11.7 Å². The summed E-state index contributed by atoms with van der Waals surface area (Å²) in [7, 11) is 0. The second-order valence-electron chi connectivity index (χ2n) is 4.49. The lowest BCUT2D eigenvalue weighted by molar-refractivity contribution is 0.157. The molecule has 3 N–H and O–H groups in total. The first-order valence-electron chi connectivity index (χ1n) is 5.45. The number of aromatic nitrogens is 3. The Labute approximate surface area is 89.3 Å². The Bertz CT molecular complexity index is 347. The maximum atomic E-state index is 9.44. The molecular weight excluding hydrogens is 192 g/mol. The van der Waals surface area contributed by atoms with Crippen molar-refractivity contribution < 1.29 is 5.11 Å². The Morgan fingerprint density at radius 1 is 1.53 bits per heavy atom. The molecule has 5 heteroatoms. The number of aliphatic hydroxyl groups excluding tert-OH is 1. The molecule has 0 bridgehead atoms. The largest absolute Gasteiger partial charge is 0.391 e. The van der Waals surface area contributed by atoms with Crippen LogP contribution >= 0.6 is 0 Å². The monoisotopic (exact) mass is 210 g/mol. The zero-order chi connectivity index (χ0) is 11.0. The molecule has 84 valence electrons. The molecule has 2 heterocycles. The van der Waals surface area contributed by atoms with E-state index in [4.69, 9.17) is 5.73 Å². The number of rotatable bonds is 2. The van der Waals surface area contributed by atoms with Gasteiger partial charge in [-0.25, -0.2) is 0 Å². The van der Waals surface area contributed by atoms with Gasteiger partial charge in [-0.05, 0) is 19.3 Å². The van der Waals surface area contributed by atoms with Gasteiger partial charge in [-0.3, -0.25) is 0 Å². The third kappa shape index (κ3) is 1.89. The van der Waals surface area contributed by atoms with Crippen LogP contribution in [0.5, 0.6) is 0 Å². The molecule has 2 rings (SSSR count). The lowest BCUT2D eigenvalue weighted by atomic mass is 10.00. The normalized spacial score (nSPS) is 24.7. The van der Waals surface area contributed by atoms with Crippen molar-refractivity contribution >= 4 is 0 Å². The van der Waals surface area contributed by atoms with Gasteiger partial charge >= 0.3 is 0 Å². The number of hydrogen-bond acceptors (Lipinski definition) is 4. The molecule has 0 fully saturated rings. The van der Waals surface area contributed by atoms with E-state index in [1.165, 1.54) is 0 Å². The average molecular weight is 210 g/mol. The number of hydrogen-bond donors (Lipinski definition) is 2.